The van der Waals surface area contributed by atoms with Gasteiger partial charge < -0.3 is 10.2 Å². The highest BCUT2D eigenvalue weighted by atomic mass is 35.5. The maximum atomic E-state index is 14.5. The van der Waals surface area contributed by atoms with E-state index in [1.165, 1.54) is 17.7 Å². The van der Waals surface area contributed by atoms with Crippen molar-refractivity contribution in [3.63, 3.8) is 0 Å². The number of carbonyl (C=O) groups is 1. The summed E-state index contributed by atoms with van der Waals surface area (Å²) in [5, 5.41) is 4.31. The van der Waals surface area contributed by atoms with Crippen molar-refractivity contribution in [2.24, 2.45) is 0 Å². The lowest BCUT2D eigenvalue weighted by molar-refractivity contribution is 0.0745. The van der Waals surface area contributed by atoms with Crippen LogP contribution in [-0.4, -0.2) is 23.9 Å². The van der Waals surface area contributed by atoms with Gasteiger partial charge in [-0.1, -0.05) is 74.3 Å². The number of carbonyl (C=O) groups excluding carboxylic acids is 1. The summed E-state index contributed by atoms with van der Waals surface area (Å²) in [4.78, 5) is 15.6. The van der Waals surface area contributed by atoms with E-state index >= 15 is 0 Å². The average Bonchev–Trinajstić information content (AvgIpc) is 2.82. The van der Waals surface area contributed by atoms with E-state index < -0.39 is 0 Å². The Kier molecular flexibility index (Phi) is 7.73. The Bertz CT molecular complexity index is 1220. The lowest BCUT2D eigenvalue weighted by Crippen LogP contribution is -2.33. The molecule has 0 saturated heterocycles. The van der Waals surface area contributed by atoms with Crippen LogP contribution in [0.3, 0.4) is 0 Å². The molecule has 0 saturated carbocycles. The fourth-order valence-corrected chi connectivity index (χ4v) is 4.76. The number of halogens is 3. The highest BCUT2D eigenvalue weighted by Crippen LogP contribution is 2.30. The molecule has 0 spiro atoms. The van der Waals surface area contributed by atoms with E-state index in [1.54, 1.807) is 11.0 Å². The summed E-state index contributed by atoms with van der Waals surface area (Å²) in [5.74, 6) is -0.565. The number of hydrogen-bond acceptors (Lipinski definition) is 2. The van der Waals surface area contributed by atoms with Crippen molar-refractivity contribution in [3.8, 4) is 0 Å². The second-order valence-electron chi connectivity index (χ2n) is 10.2. The third-order valence-corrected chi connectivity index (χ3v) is 7.21. The predicted octanol–water partition coefficient (Wildman–Crippen LogP) is 7.67. The van der Waals surface area contributed by atoms with Crippen LogP contribution in [0.4, 0.5) is 10.1 Å². The number of hydrogen-bond donors (Lipinski definition) is 1. The Morgan fingerprint density at radius 3 is 2.40 bits per heavy atom. The molecule has 3 nitrogen and oxygen atoms in total. The second-order valence-corrected chi connectivity index (χ2v) is 11.0. The Hall–Kier alpha value is -2.56. The van der Waals surface area contributed by atoms with E-state index in [-0.39, 0.29) is 17.1 Å². The van der Waals surface area contributed by atoms with Crippen LogP contribution in [0.1, 0.15) is 59.8 Å². The van der Waals surface area contributed by atoms with Gasteiger partial charge in [-0.2, -0.15) is 0 Å². The molecular formula is C29H31Cl2FN2O. The van der Waals surface area contributed by atoms with Crippen molar-refractivity contribution in [3.05, 3.63) is 98.3 Å². The minimum atomic E-state index is -0.380. The van der Waals surface area contributed by atoms with Gasteiger partial charge in [0.15, 0.2) is 0 Å². The van der Waals surface area contributed by atoms with Gasteiger partial charge >= 0.3 is 0 Å². The van der Waals surface area contributed by atoms with Gasteiger partial charge in [-0.15, -0.1) is 0 Å². The Morgan fingerprint density at radius 1 is 1.00 bits per heavy atom. The molecule has 1 aliphatic heterocycles. The van der Waals surface area contributed by atoms with Gasteiger partial charge in [0.05, 0.1) is 21.3 Å². The number of rotatable bonds is 6. The minimum absolute atomic E-state index is 0.0498. The number of fused-ring (bicyclic) bond motifs is 1. The van der Waals surface area contributed by atoms with Crippen LogP contribution in [0.15, 0.2) is 54.6 Å². The number of aryl methyl sites for hydroxylation is 1. The molecule has 1 N–H and O–H groups in total. The molecule has 1 amide bonds. The predicted molar refractivity (Wildman–Crippen MR) is 143 cm³/mol. The molecule has 1 aliphatic rings. The van der Waals surface area contributed by atoms with Crippen molar-refractivity contribution in [2.75, 3.05) is 18.4 Å². The molecule has 0 aromatic heterocycles. The fraction of sp³-hybridized carbons (Fsp3) is 0.345. The molecule has 1 heterocycles. The van der Waals surface area contributed by atoms with Crippen molar-refractivity contribution >= 4 is 34.8 Å². The van der Waals surface area contributed by atoms with Crippen LogP contribution in [0, 0.1) is 5.82 Å². The summed E-state index contributed by atoms with van der Waals surface area (Å²) in [6.07, 6.45) is 2.29. The number of nitrogens with one attached hydrogen (secondary N) is 1. The summed E-state index contributed by atoms with van der Waals surface area (Å²) in [6.45, 7) is 8.19. The van der Waals surface area contributed by atoms with Gasteiger partial charge in [-0.05, 0) is 71.2 Å². The first-order valence-corrected chi connectivity index (χ1v) is 12.8. The van der Waals surface area contributed by atoms with Crippen molar-refractivity contribution in [1.29, 1.82) is 0 Å². The first-order chi connectivity index (χ1) is 16.6. The number of nitrogens with zero attached hydrogens (tertiary/aromatic N) is 1. The maximum Gasteiger partial charge on any atom is 0.256 e. The summed E-state index contributed by atoms with van der Waals surface area (Å²) in [5.41, 5.74) is 5.30. The Balaban J connectivity index is 1.63. The summed E-state index contributed by atoms with van der Waals surface area (Å²) < 4.78 is 14.5. The monoisotopic (exact) mass is 512 g/mol. The van der Waals surface area contributed by atoms with Crippen molar-refractivity contribution in [1.82, 2.24) is 4.90 Å². The normalized spacial score (nSPS) is 13.2. The lowest BCUT2D eigenvalue weighted by Gasteiger charge is -2.27. The summed E-state index contributed by atoms with van der Waals surface area (Å²) in [7, 11) is 0. The van der Waals surface area contributed by atoms with Crippen LogP contribution in [0.5, 0.6) is 0 Å². The van der Waals surface area contributed by atoms with Crippen LogP contribution in [-0.2, 0) is 24.8 Å². The second kappa shape index (κ2) is 10.6. The topological polar surface area (TPSA) is 32.3 Å². The summed E-state index contributed by atoms with van der Waals surface area (Å²) >= 11 is 12.3. The maximum absolute atomic E-state index is 14.5. The minimum Gasteiger partial charge on any atom is -0.384 e. The van der Waals surface area contributed by atoms with Crippen LogP contribution in [0.25, 0.3) is 0 Å². The third-order valence-electron chi connectivity index (χ3n) is 6.47. The van der Waals surface area contributed by atoms with Gasteiger partial charge in [0, 0.05) is 19.6 Å². The highest BCUT2D eigenvalue weighted by Gasteiger charge is 2.24. The molecule has 0 aliphatic carbocycles. The first kappa shape index (κ1) is 25.5. The third kappa shape index (κ3) is 6.17. The Labute approximate surface area is 217 Å². The van der Waals surface area contributed by atoms with Crippen molar-refractivity contribution in [2.45, 2.75) is 52.0 Å². The zero-order valence-corrected chi connectivity index (χ0v) is 21.9. The smallest absolute Gasteiger partial charge is 0.256 e. The molecule has 35 heavy (non-hydrogen) atoms. The van der Waals surface area contributed by atoms with E-state index in [4.69, 9.17) is 23.2 Å². The molecule has 4 rings (SSSR count). The van der Waals surface area contributed by atoms with E-state index in [0.29, 0.717) is 35.1 Å². The van der Waals surface area contributed by atoms with Crippen LogP contribution >= 0.6 is 23.2 Å². The lowest BCUT2D eigenvalue weighted by atomic mass is 9.87. The van der Waals surface area contributed by atoms with E-state index in [1.807, 2.05) is 12.1 Å². The summed E-state index contributed by atoms with van der Waals surface area (Å²) in [6, 6.07) is 16.8. The molecule has 6 heteroatoms. The van der Waals surface area contributed by atoms with Gasteiger partial charge in [0.1, 0.15) is 5.82 Å². The van der Waals surface area contributed by atoms with Gasteiger partial charge in [0.25, 0.3) is 5.91 Å². The number of benzene rings is 3. The average molecular weight is 513 g/mol. The van der Waals surface area contributed by atoms with Crippen LogP contribution in [0.2, 0.25) is 10.0 Å². The molecule has 0 bridgehead atoms. The quantitative estimate of drug-likeness (QED) is 0.367. The SMILES string of the molecule is CC(C)(C)c1ccc(CN(CCc2ccc(Cl)c(Cl)c2)C(=O)c2cc(F)cc3c2NCCC3)cc1. The first-order valence-electron chi connectivity index (χ1n) is 12.0. The standard InChI is InChI=1S/C29H31Cl2FN2O/c1-29(2,3)22-9-6-20(7-10-22)18-34(14-12-19-8-11-25(30)26(31)15-19)28(35)24-17-23(32)16-21-5-4-13-33-27(21)24/h6-11,15-17,33H,4-5,12-14,18H2,1-3H3. The van der Waals surface area contributed by atoms with Gasteiger partial charge in [-0.25, -0.2) is 4.39 Å². The molecule has 0 radical (unpaired) electrons. The number of anilines is 1. The fourth-order valence-electron chi connectivity index (χ4n) is 4.44. The largest absolute Gasteiger partial charge is 0.384 e. The van der Waals surface area contributed by atoms with Crippen LogP contribution < -0.4 is 5.32 Å². The molecule has 0 atom stereocenters. The molecule has 3 aromatic rings. The molecular weight excluding hydrogens is 482 g/mol. The van der Waals surface area contributed by atoms with Gasteiger partial charge in [-0.3, -0.25) is 4.79 Å². The van der Waals surface area contributed by atoms with Gasteiger partial charge in [0.2, 0.25) is 0 Å². The molecule has 3 aromatic carbocycles. The molecule has 0 fully saturated rings. The van der Waals surface area contributed by atoms with E-state index in [9.17, 15) is 9.18 Å². The van der Waals surface area contributed by atoms with E-state index in [0.717, 1.165) is 41.8 Å². The highest BCUT2D eigenvalue weighted by molar-refractivity contribution is 6.42. The zero-order chi connectivity index (χ0) is 25.2. The Morgan fingerprint density at radius 2 is 1.71 bits per heavy atom. The molecule has 184 valence electrons. The zero-order valence-electron chi connectivity index (χ0n) is 20.4. The van der Waals surface area contributed by atoms with E-state index in [2.05, 4.69) is 50.4 Å². The van der Waals surface area contributed by atoms with Crippen molar-refractivity contribution < 1.29 is 9.18 Å². The number of amides is 1. The molecule has 0 unspecified atom stereocenters.